The molecule has 0 bridgehead atoms. The molecule has 368 valence electrons. The highest BCUT2D eigenvalue weighted by Gasteiger charge is 2.43. The summed E-state index contributed by atoms with van der Waals surface area (Å²) < 4.78 is 12.5. The topological polar surface area (TPSA) is 127 Å². The second-order valence-electron chi connectivity index (χ2n) is 20.1. The van der Waals surface area contributed by atoms with Crippen molar-refractivity contribution in [3.63, 3.8) is 0 Å². The zero-order chi connectivity index (χ0) is 52.1. The Bertz CT molecular complexity index is 3270. The van der Waals surface area contributed by atoms with E-state index in [0.29, 0.717) is 11.1 Å². The summed E-state index contributed by atoms with van der Waals surface area (Å²) in [4.78, 5) is 89.2. The van der Waals surface area contributed by atoms with Crippen molar-refractivity contribution in [1.82, 2.24) is 0 Å². The van der Waals surface area contributed by atoms with Gasteiger partial charge in [0.05, 0.1) is 11.4 Å². The van der Waals surface area contributed by atoms with Gasteiger partial charge in [-0.05, 0) is 106 Å². The van der Waals surface area contributed by atoms with Crippen molar-refractivity contribution in [2.24, 2.45) is 0 Å². The zero-order valence-corrected chi connectivity index (χ0v) is 42.2. The predicted octanol–water partition coefficient (Wildman–Crippen LogP) is 13.7. The van der Waals surface area contributed by atoms with Crippen LogP contribution in [-0.2, 0) is 10.8 Å². The highest BCUT2D eigenvalue weighted by molar-refractivity contribution is 6.42. The van der Waals surface area contributed by atoms with Crippen molar-refractivity contribution in [2.75, 3.05) is 23.0 Å². The fourth-order valence-corrected chi connectivity index (χ4v) is 9.60. The van der Waals surface area contributed by atoms with Crippen molar-refractivity contribution >= 4 is 57.3 Å². The van der Waals surface area contributed by atoms with E-state index in [0.717, 1.165) is 56.0 Å². The first-order chi connectivity index (χ1) is 35.6. The maximum atomic E-state index is 15.0. The van der Waals surface area contributed by atoms with Crippen LogP contribution in [0.25, 0.3) is 33.0 Å². The third-order valence-corrected chi connectivity index (χ3v) is 15.0. The lowest BCUT2D eigenvalue weighted by Crippen LogP contribution is -2.44. The number of ketones is 2. The van der Waals surface area contributed by atoms with E-state index in [1.165, 1.54) is 24.3 Å². The molecule has 0 aliphatic carbocycles. The number of nitrogens with zero attached hydrogens (tertiary/aromatic N) is 2. The summed E-state index contributed by atoms with van der Waals surface area (Å²) in [6.45, 7) is 11.6. The maximum Gasteiger partial charge on any atom is 0.266 e. The van der Waals surface area contributed by atoms with E-state index in [4.69, 9.17) is 9.47 Å². The molecule has 0 saturated heterocycles. The molecule has 0 unspecified atom stereocenters. The van der Waals surface area contributed by atoms with Gasteiger partial charge in [-0.3, -0.25) is 28.8 Å². The van der Waals surface area contributed by atoms with Crippen LogP contribution in [0, 0.1) is 0 Å². The monoisotopic (exact) mass is 978 g/mol. The Morgan fingerprint density at radius 3 is 1.03 bits per heavy atom. The van der Waals surface area contributed by atoms with Gasteiger partial charge >= 0.3 is 0 Å². The van der Waals surface area contributed by atoms with E-state index in [-0.39, 0.29) is 91.5 Å². The Labute approximate surface area is 430 Å². The van der Waals surface area contributed by atoms with Crippen LogP contribution in [-0.4, -0.2) is 48.4 Å². The molecule has 2 heterocycles. The zero-order valence-electron chi connectivity index (χ0n) is 42.2. The number of imide groups is 2. The second kappa shape index (κ2) is 19.3. The van der Waals surface area contributed by atoms with Crippen molar-refractivity contribution in [2.45, 2.75) is 65.2 Å². The SMILES string of the molecule is CCC(C)(C)c1ccc(OCC(=O)c2ccc(-c3ccccc3)cc2)c(N2C(=O)c3ccc4c5c(ccc(c35)C2=O)C(=O)N(c2cc(C(C)(C)CC)ccc2OCC(=O)c2ccc(-c3ccccc3)cc2)C4=O)c1. The average molecular weight is 979 g/mol. The molecule has 0 fully saturated rings. The molecule has 2 aliphatic heterocycles. The third kappa shape index (κ3) is 8.76. The molecule has 0 aromatic heterocycles. The normalized spacial score (nSPS) is 13.4. The first kappa shape index (κ1) is 48.8. The molecule has 0 N–H and O–H groups in total. The Kier molecular flexibility index (Phi) is 12.8. The van der Waals surface area contributed by atoms with Crippen molar-refractivity contribution in [3.05, 3.63) is 214 Å². The number of hydrogen-bond donors (Lipinski definition) is 0. The largest absolute Gasteiger partial charge is 0.483 e. The van der Waals surface area contributed by atoms with Crippen LogP contribution < -0.4 is 19.3 Å². The molecule has 4 amide bonds. The lowest BCUT2D eigenvalue weighted by atomic mass is 9.81. The molecule has 10 heteroatoms. The van der Waals surface area contributed by atoms with Gasteiger partial charge in [0.2, 0.25) is 0 Å². The quantitative estimate of drug-likeness (QED) is 0.0692. The van der Waals surface area contributed by atoms with Crippen molar-refractivity contribution in [3.8, 4) is 33.8 Å². The molecule has 0 radical (unpaired) electrons. The smallest absolute Gasteiger partial charge is 0.266 e. The van der Waals surface area contributed by atoms with Gasteiger partial charge in [-0.25, -0.2) is 9.80 Å². The predicted molar refractivity (Wildman–Crippen MR) is 289 cm³/mol. The van der Waals surface area contributed by atoms with Crippen LogP contribution in [0.2, 0.25) is 0 Å². The van der Waals surface area contributed by atoms with E-state index < -0.39 is 23.6 Å². The Hall–Kier alpha value is -8.76. The average Bonchev–Trinajstić information content (AvgIpc) is 3.45. The first-order valence-corrected chi connectivity index (χ1v) is 24.9. The first-order valence-electron chi connectivity index (χ1n) is 24.9. The van der Waals surface area contributed by atoms with E-state index in [9.17, 15) is 28.8 Å². The van der Waals surface area contributed by atoms with Crippen molar-refractivity contribution < 1.29 is 38.2 Å². The molecule has 8 aromatic rings. The fourth-order valence-electron chi connectivity index (χ4n) is 9.60. The molecule has 8 aromatic carbocycles. The summed E-state index contributed by atoms with van der Waals surface area (Å²) in [5.41, 5.74) is 6.56. The Morgan fingerprint density at radius 2 is 0.716 bits per heavy atom. The number of hydrogen-bond acceptors (Lipinski definition) is 8. The molecular formula is C64H54N2O8. The van der Waals surface area contributed by atoms with Crippen molar-refractivity contribution in [1.29, 1.82) is 0 Å². The number of benzene rings is 8. The molecule has 0 saturated carbocycles. The summed E-state index contributed by atoms with van der Waals surface area (Å²) >= 11 is 0. The van der Waals surface area contributed by atoms with Gasteiger partial charge in [0.15, 0.2) is 24.8 Å². The Morgan fingerprint density at radius 1 is 0.405 bits per heavy atom. The van der Waals surface area contributed by atoms with E-state index in [1.54, 1.807) is 48.5 Å². The van der Waals surface area contributed by atoms with Crippen LogP contribution in [0.1, 0.15) is 128 Å². The molecule has 2 aliphatic rings. The number of rotatable bonds is 16. The van der Waals surface area contributed by atoms with E-state index in [2.05, 4.69) is 27.7 Å². The summed E-state index contributed by atoms with van der Waals surface area (Å²) in [7, 11) is 0. The van der Waals surface area contributed by atoms with Crippen LogP contribution in [0.4, 0.5) is 11.4 Å². The minimum absolute atomic E-state index is 0.112. The number of ether oxygens (including phenoxy) is 2. The van der Waals surface area contributed by atoms with E-state index >= 15 is 0 Å². The Balaban J connectivity index is 0.967. The van der Waals surface area contributed by atoms with Crippen LogP contribution in [0.5, 0.6) is 11.5 Å². The van der Waals surface area contributed by atoms with Gasteiger partial charge in [-0.2, -0.15) is 0 Å². The van der Waals surface area contributed by atoms with Gasteiger partial charge < -0.3 is 9.47 Å². The summed E-state index contributed by atoms with van der Waals surface area (Å²) in [6.07, 6.45) is 1.49. The summed E-state index contributed by atoms with van der Waals surface area (Å²) in [6, 6.07) is 50.8. The van der Waals surface area contributed by atoms with E-state index in [1.807, 2.05) is 111 Å². The molecule has 74 heavy (non-hydrogen) atoms. The van der Waals surface area contributed by atoms with Crippen LogP contribution in [0.3, 0.4) is 0 Å². The minimum atomic E-state index is -0.683. The minimum Gasteiger partial charge on any atom is -0.483 e. The summed E-state index contributed by atoms with van der Waals surface area (Å²) in [5.74, 6) is -3.02. The van der Waals surface area contributed by atoms with Gasteiger partial charge in [0.25, 0.3) is 23.6 Å². The molecular weight excluding hydrogens is 925 g/mol. The molecule has 0 spiro atoms. The highest BCUT2D eigenvalue weighted by atomic mass is 16.5. The van der Waals surface area contributed by atoms with Gasteiger partial charge in [-0.1, -0.05) is 163 Å². The number of anilines is 2. The molecule has 10 rings (SSSR count). The number of carbonyl (C=O) groups is 6. The lowest BCUT2D eigenvalue weighted by molar-refractivity contribution is 0.0869. The maximum absolute atomic E-state index is 15.0. The number of amides is 4. The standard InChI is InChI=1S/C64H54N2O8/c1-7-63(3,4)45-27-33-55(73-37-53(67)43-23-19-41(20-24-43)39-15-11-9-12-16-39)51(35-45)65-59(69)47-29-31-49-58-50(32-30-48(57(47)58)60(65)70)62(72)66(61(49)71)52-36-46(64(5,6)8-2)28-34-56(52)74-38-54(68)44-25-21-42(22-26-44)40-17-13-10-14-18-40/h9-36H,7-8,37-38H2,1-6H3. The molecule has 10 nitrogen and oxygen atoms in total. The fraction of sp³-hybridized carbons (Fsp3) is 0.188. The summed E-state index contributed by atoms with van der Waals surface area (Å²) in [5, 5.41) is 0.380. The number of carbonyl (C=O) groups excluding carboxylic acids is 6. The number of Topliss-reactive ketones (excluding diaryl/α,β-unsaturated/α-hetero) is 2. The van der Waals surface area contributed by atoms with Gasteiger partial charge in [0, 0.05) is 44.2 Å². The lowest BCUT2D eigenvalue weighted by Gasteiger charge is -2.34. The highest BCUT2D eigenvalue weighted by Crippen LogP contribution is 2.45. The van der Waals surface area contributed by atoms with Gasteiger partial charge in [0.1, 0.15) is 11.5 Å². The third-order valence-electron chi connectivity index (χ3n) is 15.0. The van der Waals surface area contributed by atoms with Crippen LogP contribution in [0.15, 0.2) is 170 Å². The van der Waals surface area contributed by atoms with Crippen LogP contribution >= 0.6 is 0 Å². The second-order valence-corrected chi connectivity index (χ2v) is 20.1. The molecule has 0 atom stereocenters. The van der Waals surface area contributed by atoms with Gasteiger partial charge in [-0.15, -0.1) is 0 Å².